The van der Waals surface area contributed by atoms with Crippen LogP contribution in [0, 0.1) is 5.92 Å². The molecule has 2 rings (SSSR count). The summed E-state index contributed by atoms with van der Waals surface area (Å²) in [6.45, 7) is -2.88. The van der Waals surface area contributed by atoms with E-state index in [1.165, 1.54) is 12.1 Å². The van der Waals surface area contributed by atoms with Gasteiger partial charge in [0.2, 0.25) is 5.91 Å². The van der Waals surface area contributed by atoms with Gasteiger partial charge in [0.1, 0.15) is 5.75 Å². The molecule has 0 saturated heterocycles. The fourth-order valence-corrected chi connectivity index (χ4v) is 2.52. The lowest BCUT2D eigenvalue weighted by molar-refractivity contribution is -0.117. The van der Waals surface area contributed by atoms with Gasteiger partial charge >= 0.3 is 6.61 Å². The van der Waals surface area contributed by atoms with Gasteiger partial charge in [0.15, 0.2) is 0 Å². The van der Waals surface area contributed by atoms with Gasteiger partial charge in [-0.3, -0.25) is 4.79 Å². The molecule has 1 aromatic rings. The lowest BCUT2D eigenvalue weighted by Gasteiger charge is -2.15. The Hall–Kier alpha value is -1.69. The molecule has 110 valence electrons. The summed E-state index contributed by atoms with van der Waals surface area (Å²) >= 11 is 0. The summed E-state index contributed by atoms with van der Waals surface area (Å²) in [5.74, 6) is 0.0763. The van der Waals surface area contributed by atoms with Crippen molar-refractivity contribution in [1.29, 1.82) is 0 Å². The van der Waals surface area contributed by atoms with Crippen LogP contribution in [0.2, 0.25) is 0 Å². The molecule has 0 unspecified atom stereocenters. The highest BCUT2D eigenvalue weighted by Crippen LogP contribution is 2.27. The van der Waals surface area contributed by atoms with Gasteiger partial charge in [-0.25, -0.2) is 0 Å². The van der Waals surface area contributed by atoms with Crippen molar-refractivity contribution >= 4 is 11.6 Å². The van der Waals surface area contributed by atoms with Crippen molar-refractivity contribution in [2.45, 2.75) is 38.3 Å². The number of rotatable bonds is 5. The van der Waals surface area contributed by atoms with Crippen LogP contribution in [0.15, 0.2) is 24.3 Å². The largest absolute Gasteiger partial charge is 0.435 e. The van der Waals surface area contributed by atoms with Crippen LogP contribution in [0.1, 0.15) is 25.7 Å². The average molecular weight is 284 g/mol. The Morgan fingerprint density at radius 3 is 2.90 bits per heavy atom. The molecule has 0 bridgehead atoms. The highest BCUT2D eigenvalue weighted by molar-refractivity contribution is 5.91. The van der Waals surface area contributed by atoms with Crippen LogP contribution in [0.3, 0.4) is 0 Å². The fraction of sp³-hybridized carbons (Fsp3) is 0.500. The molecule has 3 N–H and O–H groups in total. The van der Waals surface area contributed by atoms with Crippen molar-refractivity contribution in [3.05, 3.63) is 24.3 Å². The molecule has 0 spiro atoms. The van der Waals surface area contributed by atoms with E-state index in [9.17, 15) is 13.6 Å². The van der Waals surface area contributed by atoms with E-state index in [0.717, 1.165) is 19.3 Å². The first-order valence-corrected chi connectivity index (χ1v) is 6.65. The summed E-state index contributed by atoms with van der Waals surface area (Å²) in [7, 11) is 0. The molecule has 6 heteroatoms. The van der Waals surface area contributed by atoms with Crippen molar-refractivity contribution in [1.82, 2.24) is 0 Å². The normalized spacial score (nSPS) is 22.0. The van der Waals surface area contributed by atoms with Gasteiger partial charge in [-0.1, -0.05) is 12.5 Å². The minimum absolute atomic E-state index is 0.0235. The van der Waals surface area contributed by atoms with Crippen molar-refractivity contribution in [3.63, 3.8) is 0 Å². The molecule has 1 amide bonds. The van der Waals surface area contributed by atoms with Crippen LogP contribution in [0.25, 0.3) is 0 Å². The van der Waals surface area contributed by atoms with E-state index in [0.29, 0.717) is 12.1 Å². The highest BCUT2D eigenvalue weighted by Gasteiger charge is 2.26. The zero-order chi connectivity index (χ0) is 14.5. The number of anilines is 1. The van der Waals surface area contributed by atoms with Crippen LogP contribution in [0.4, 0.5) is 14.5 Å². The van der Waals surface area contributed by atoms with Gasteiger partial charge in [0.05, 0.1) is 0 Å². The van der Waals surface area contributed by atoms with Crippen LogP contribution in [-0.2, 0) is 4.79 Å². The zero-order valence-electron chi connectivity index (χ0n) is 11.0. The maximum atomic E-state index is 12.1. The Kier molecular flexibility index (Phi) is 4.89. The lowest BCUT2D eigenvalue weighted by atomic mass is 10.00. The molecule has 1 fully saturated rings. The Labute approximate surface area is 116 Å². The molecular weight excluding hydrogens is 266 g/mol. The van der Waals surface area contributed by atoms with Gasteiger partial charge in [-0.05, 0) is 30.9 Å². The van der Waals surface area contributed by atoms with Crippen molar-refractivity contribution in [3.8, 4) is 5.75 Å². The maximum absolute atomic E-state index is 12.1. The SMILES string of the molecule is N[C@@H]1CCC[C@H]1CC(=O)Nc1cccc(OC(F)F)c1. The summed E-state index contributed by atoms with van der Waals surface area (Å²) in [5, 5.41) is 2.68. The summed E-state index contributed by atoms with van der Waals surface area (Å²) in [6.07, 6.45) is 3.33. The van der Waals surface area contributed by atoms with E-state index < -0.39 is 6.61 Å². The molecule has 1 aromatic carbocycles. The number of amides is 1. The van der Waals surface area contributed by atoms with Crippen LogP contribution >= 0.6 is 0 Å². The third kappa shape index (κ3) is 4.16. The van der Waals surface area contributed by atoms with Crippen molar-refractivity contribution in [2.75, 3.05) is 5.32 Å². The monoisotopic (exact) mass is 284 g/mol. The molecule has 0 radical (unpaired) electrons. The number of carbonyl (C=O) groups is 1. The molecular formula is C14H18F2N2O2. The number of benzene rings is 1. The van der Waals surface area contributed by atoms with Gasteiger partial charge in [-0.2, -0.15) is 8.78 Å². The van der Waals surface area contributed by atoms with Gasteiger partial charge in [0, 0.05) is 24.2 Å². The van der Waals surface area contributed by atoms with Crippen LogP contribution in [-0.4, -0.2) is 18.6 Å². The summed E-state index contributed by atoms with van der Waals surface area (Å²) < 4.78 is 28.5. The van der Waals surface area contributed by atoms with E-state index in [2.05, 4.69) is 10.1 Å². The number of nitrogens with two attached hydrogens (primary N) is 1. The average Bonchev–Trinajstić information content (AvgIpc) is 2.74. The second-order valence-electron chi connectivity index (χ2n) is 5.01. The molecule has 1 saturated carbocycles. The summed E-state index contributed by atoms with van der Waals surface area (Å²) in [5.41, 5.74) is 6.36. The summed E-state index contributed by atoms with van der Waals surface area (Å²) in [6, 6.07) is 6.04. The molecule has 0 aromatic heterocycles. The van der Waals surface area contributed by atoms with E-state index in [1.54, 1.807) is 12.1 Å². The van der Waals surface area contributed by atoms with E-state index in [4.69, 9.17) is 5.73 Å². The van der Waals surface area contributed by atoms with Gasteiger partial charge < -0.3 is 15.8 Å². The lowest BCUT2D eigenvalue weighted by Crippen LogP contribution is -2.28. The molecule has 0 heterocycles. The highest BCUT2D eigenvalue weighted by atomic mass is 19.3. The topological polar surface area (TPSA) is 64.4 Å². The predicted octanol–water partition coefficient (Wildman–Crippen LogP) is 2.74. The Balaban J connectivity index is 1.90. The fourth-order valence-electron chi connectivity index (χ4n) is 2.52. The first-order valence-electron chi connectivity index (χ1n) is 6.65. The Morgan fingerprint density at radius 2 is 2.25 bits per heavy atom. The van der Waals surface area contributed by atoms with Crippen molar-refractivity contribution < 1.29 is 18.3 Å². The third-order valence-corrected chi connectivity index (χ3v) is 3.51. The van der Waals surface area contributed by atoms with E-state index in [1.807, 2.05) is 0 Å². The first-order chi connectivity index (χ1) is 9.54. The number of nitrogens with one attached hydrogen (secondary N) is 1. The number of halogens is 2. The molecule has 20 heavy (non-hydrogen) atoms. The number of hydrogen-bond acceptors (Lipinski definition) is 3. The maximum Gasteiger partial charge on any atom is 0.387 e. The molecule has 0 aliphatic heterocycles. The summed E-state index contributed by atoms with van der Waals surface area (Å²) in [4.78, 5) is 11.9. The minimum atomic E-state index is -2.88. The second kappa shape index (κ2) is 6.65. The minimum Gasteiger partial charge on any atom is -0.435 e. The molecule has 1 aliphatic rings. The number of alkyl halides is 2. The zero-order valence-corrected chi connectivity index (χ0v) is 11.0. The first kappa shape index (κ1) is 14.7. The molecule has 4 nitrogen and oxygen atoms in total. The van der Waals surface area contributed by atoms with Crippen molar-refractivity contribution in [2.24, 2.45) is 11.7 Å². The standard InChI is InChI=1S/C14H18F2N2O2/c15-14(16)20-11-5-2-4-10(8-11)18-13(19)7-9-3-1-6-12(9)17/h2,4-5,8-9,12,14H,1,3,6-7,17H2,(H,18,19)/t9-,12+/m0/s1. The molecule has 1 aliphatic carbocycles. The van der Waals surface area contributed by atoms with Crippen LogP contribution in [0.5, 0.6) is 5.75 Å². The Morgan fingerprint density at radius 1 is 1.45 bits per heavy atom. The van der Waals surface area contributed by atoms with E-state index in [-0.39, 0.29) is 23.6 Å². The number of ether oxygens (including phenoxy) is 1. The van der Waals surface area contributed by atoms with Gasteiger partial charge in [-0.15, -0.1) is 0 Å². The quantitative estimate of drug-likeness (QED) is 0.873. The Bertz CT molecular complexity index is 468. The second-order valence-corrected chi connectivity index (χ2v) is 5.01. The predicted molar refractivity (Wildman–Crippen MR) is 71.6 cm³/mol. The third-order valence-electron chi connectivity index (χ3n) is 3.51. The van der Waals surface area contributed by atoms with Gasteiger partial charge in [0.25, 0.3) is 0 Å². The smallest absolute Gasteiger partial charge is 0.387 e. The number of carbonyl (C=O) groups excluding carboxylic acids is 1. The molecule has 2 atom stereocenters. The number of hydrogen-bond donors (Lipinski definition) is 2. The van der Waals surface area contributed by atoms with Crippen LogP contribution < -0.4 is 15.8 Å². The van der Waals surface area contributed by atoms with E-state index >= 15 is 0 Å².